The summed E-state index contributed by atoms with van der Waals surface area (Å²) in [6.45, 7) is 12.1. The lowest BCUT2D eigenvalue weighted by Crippen LogP contribution is -2.15. The van der Waals surface area contributed by atoms with Gasteiger partial charge in [0.1, 0.15) is 0 Å². The Morgan fingerprint density at radius 3 is 0.857 bits per heavy atom. The quantitative estimate of drug-likeness (QED) is 0.0610. The van der Waals surface area contributed by atoms with Gasteiger partial charge in [0.15, 0.2) is 0 Å². The van der Waals surface area contributed by atoms with Gasteiger partial charge < -0.3 is 37.9 Å². The Bertz CT molecular complexity index is 334. The smallest absolute Gasteiger partial charge is 0.0701 e. The summed E-state index contributed by atoms with van der Waals surface area (Å²) in [4.78, 5) is 0. The van der Waals surface area contributed by atoms with E-state index in [9.17, 15) is 0 Å². The van der Waals surface area contributed by atoms with E-state index in [4.69, 9.17) is 37.9 Å². The van der Waals surface area contributed by atoms with Crippen LogP contribution in [-0.2, 0) is 37.9 Å². The summed E-state index contributed by atoms with van der Waals surface area (Å²) in [6.07, 6.45) is 9.95. The number of hydrogen-bond donors (Lipinski definition) is 0. The minimum absolute atomic E-state index is 0.552. The number of halogens is 1. The van der Waals surface area contributed by atoms with Crippen molar-refractivity contribution in [2.75, 3.05) is 110 Å². The molecule has 0 bridgehead atoms. The van der Waals surface area contributed by atoms with Gasteiger partial charge in [0.25, 0.3) is 0 Å². The summed E-state index contributed by atoms with van der Waals surface area (Å²) in [6, 6.07) is 0. The molecule has 8 nitrogen and oxygen atoms in total. The molecule has 0 saturated carbocycles. The number of hydrogen-bond acceptors (Lipinski definition) is 8. The van der Waals surface area contributed by atoms with Gasteiger partial charge in [0.05, 0.1) is 92.5 Å². The fourth-order valence-corrected chi connectivity index (χ4v) is 3.46. The van der Waals surface area contributed by atoms with E-state index in [0.717, 1.165) is 26.1 Å². The van der Waals surface area contributed by atoms with Crippen molar-refractivity contribution < 1.29 is 37.9 Å². The van der Waals surface area contributed by atoms with Crippen LogP contribution in [0.15, 0.2) is 0 Å². The van der Waals surface area contributed by atoms with Crippen LogP contribution in [0.4, 0.5) is 0 Å². The fraction of sp³-hybridized carbons (Fsp3) is 1.00. The minimum Gasteiger partial charge on any atom is -0.379 e. The van der Waals surface area contributed by atoms with Crippen LogP contribution in [0, 0.1) is 0 Å². The van der Waals surface area contributed by atoms with Crippen molar-refractivity contribution in [3.8, 4) is 0 Å². The van der Waals surface area contributed by atoms with Crippen molar-refractivity contribution in [1.29, 1.82) is 0 Å². The van der Waals surface area contributed by atoms with Crippen LogP contribution >= 0.6 is 22.6 Å². The van der Waals surface area contributed by atoms with Gasteiger partial charge in [-0.1, -0.05) is 61.6 Å². The second kappa shape index (κ2) is 34.4. The largest absolute Gasteiger partial charge is 0.379 e. The van der Waals surface area contributed by atoms with Gasteiger partial charge in [0, 0.05) is 13.2 Å². The predicted octanol–water partition coefficient (Wildman–Crippen LogP) is 4.69. The Hall–Kier alpha value is 0.410. The van der Waals surface area contributed by atoms with E-state index >= 15 is 0 Å². The molecule has 0 radical (unpaired) electrons. The van der Waals surface area contributed by atoms with Gasteiger partial charge in [-0.15, -0.1) is 0 Å². The summed E-state index contributed by atoms with van der Waals surface area (Å²) in [5.74, 6) is 0. The van der Waals surface area contributed by atoms with Gasteiger partial charge in [0.2, 0.25) is 0 Å². The molecule has 0 rings (SSSR count). The molecular weight excluding hydrogens is 567 g/mol. The third-order valence-corrected chi connectivity index (χ3v) is 5.68. The monoisotopic (exact) mass is 620 g/mol. The molecule has 35 heavy (non-hydrogen) atoms. The molecule has 0 aromatic carbocycles. The molecule has 0 unspecified atom stereocenters. The van der Waals surface area contributed by atoms with Crippen molar-refractivity contribution in [3.05, 3.63) is 0 Å². The first kappa shape index (κ1) is 35.4. The molecule has 0 aliphatic rings. The molecule has 0 atom stereocenters. The molecule has 0 N–H and O–H groups in total. The summed E-state index contributed by atoms with van der Waals surface area (Å²) < 4.78 is 45.2. The molecule has 0 saturated heterocycles. The van der Waals surface area contributed by atoms with Gasteiger partial charge >= 0.3 is 0 Å². The average Bonchev–Trinajstić information content (AvgIpc) is 2.87. The minimum atomic E-state index is 0.552. The number of rotatable bonds is 32. The average molecular weight is 621 g/mol. The first-order valence-corrected chi connectivity index (χ1v) is 15.1. The van der Waals surface area contributed by atoms with Crippen LogP contribution in [0.25, 0.3) is 0 Å². The SMILES string of the molecule is CCCCCCOCCOCCOCCOCCOCCOCCOCCOCCCCCCI. The molecule has 0 fully saturated rings. The Morgan fingerprint density at radius 2 is 0.571 bits per heavy atom. The second-order valence-corrected chi connectivity index (χ2v) is 9.14. The lowest BCUT2D eigenvalue weighted by molar-refractivity contribution is -0.0232. The third kappa shape index (κ3) is 34.4. The molecule has 0 aliphatic heterocycles. The van der Waals surface area contributed by atoms with Crippen molar-refractivity contribution in [1.82, 2.24) is 0 Å². The highest BCUT2D eigenvalue weighted by Crippen LogP contribution is 2.02. The third-order valence-electron chi connectivity index (χ3n) is 4.92. The van der Waals surface area contributed by atoms with E-state index in [1.54, 1.807) is 0 Å². The topological polar surface area (TPSA) is 73.8 Å². The van der Waals surface area contributed by atoms with E-state index in [2.05, 4.69) is 29.5 Å². The Kier molecular flexibility index (Phi) is 34.8. The number of alkyl halides is 1. The maximum atomic E-state index is 5.55. The van der Waals surface area contributed by atoms with Crippen molar-refractivity contribution in [3.63, 3.8) is 0 Å². The summed E-state index contributed by atoms with van der Waals surface area (Å²) >= 11 is 2.42. The lowest BCUT2D eigenvalue weighted by Gasteiger charge is -2.08. The first-order valence-electron chi connectivity index (χ1n) is 13.6. The van der Waals surface area contributed by atoms with E-state index in [-0.39, 0.29) is 0 Å². The first-order chi connectivity index (χ1) is 17.4. The van der Waals surface area contributed by atoms with Gasteiger partial charge in [-0.05, 0) is 23.7 Å². The maximum absolute atomic E-state index is 5.55. The zero-order valence-electron chi connectivity index (χ0n) is 22.3. The molecule has 0 aliphatic carbocycles. The fourth-order valence-electron chi connectivity index (χ4n) is 2.92. The van der Waals surface area contributed by atoms with Crippen LogP contribution in [-0.4, -0.2) is 110 Å². The molecular formula is C26H53IO8. The van der Waals surface area contributed by atoms with Gasteiger partial charge in [-0.25, -0.2) is 0 Å². The van der Waals surface area contributed by atoms with E-state index < -0.39 is 0 Å². The highest BCUT2D eigenvalue weighted by molar-refractivity contribution is 14.1. The van der Waals surface area contributed by atoms with E-state index in [1.165, 1.54) is 43.0 Å². The van der Waals surface area contributed by atoms with Crippen LogP contribution < -0.4 is 0 Å². The van der Waals surface area contributed by atoms with E-state index in [1.807, 2.05) is 0 Å². The Morgan fingerprint density at radius 1 is 0.314 bits per heavy atom. The maximum Gasteiger partial charge on any atom is 0.0701 e. The van der Waals surface area contributed by atoms with Crippen LogP contribution in [0.2, 0.25) is 0 Å². The van der Waals surface area contributed by atoms with Crippen LogP contribution in [0.1, 0.15) is 58.3 Å². The lowest BCUT2D eigenvalue weighted by atomic mass is 10.2. The zero-order valence-corrected chi connectivity index (χ0v) is 24.5. The zero-order chi connectivity index (χ0) is 25.3. The Labute approximate surface area is 228 Å². The van der Waals surface area contributed by atoms with Crippen LogP contribution in [0.3, 0.4) is 0 Å². The molecule has 9 heteroatoms. The summed E-state index contributed by atoms with van der Waals surface area (Å²) in [5, 5.41) is 0. The molecule has 0 aromatic heterocycles. The predicted molar refractivity (Wildman–Crippen MR) is 148 cm³/mol. The Balaban J connectivity index is 3.00. The summed E-state index contributed by atoms with van der Waals surface area (Å²) in [7, 11) is 0. The standard InChI is InChI=1S/C26H53IO8/c1-2-3-4-8-11-28-13-15-30-17-19-32-21-23-34-25-26-35-24-22-33-20-18-31-16-14-29-12-9-6-5-7-10-27/h2-26H2,1H3. The van der Waals surface area contributed by atoms with Gasteiger partial charge in [-0.3, -0.25) is 0 Å². The highest BCUT2D eigenvalue weighted by atomic mass is 127. The molecule has 0 spiro atoms. The molecule has 0 heterocycles. The van der Waals surface area contributed by atoms with Crippen molar-refractivity contribution >= 4 is 22.6 Å². The second-order valence-electron chi connectivity index (χ2n) is 8.06. The highest BCUT2D eigenvalue weighted by Gasteiger charge is 1.96. The molecule has 0 aromatic rings. The number of ether oxygens (including phenoxy) is 8. The van der Waals surface area contributed by atoms with Crippen LogP contribution in [0.5, 0.6) is 0 Å². The normalized spacial score (nSPS) is 11.5. The summed E-state index contributed by atoms with van der Waals surface area (Å²) in [5.41, 5.74) is 0. The van der Waals surface area contributed by atoms with Gasteiger partial charge in [-0.2, -0.15) is 0 Å². The van der Waals surface area contributed by atoms with E-state index in [0.29, 0.717) is 92.5 Å². The number of unbranched alkanes of at least 4 members (excludes halogenated alkanes) is 6. The molecule has 212 valence electrons. The molecule has 0 amide bonds. The van der Waals surface area contributed by atoms with Crippen molar-refractivity contribution in [2.45, 2.75) is 58.3 Å². The van der Waals surface area contributed by atoms with Crippen molar-refractivity contribution in [2.24, 2.45) is 0 Å².